The third kappa shape index (κ3) is 1.88. The van der Waals surface area contributed by atoms with Crippen molar-refractivity contribution in [2.75, 3.05) is 0 Å². The molecule has 0 fully saturated rings. The Labute approximate surface area is 77.3 Å². The van der Waals surface area contributed by atoms with Gasteiger partial charge in [-0.2, -0.15) is 0 Å². The molecule has 0 aromatic carbocycles. The molecule has 4 heteroatoms. The van der Waals surface area contributed by atoms with E-state index in [4.69, 9.17) is 0 Å². The number of hydrogen-bond donors (Lipinski definition) is 0. The Morgan fingerprint density at radius 2 is 2.17 bits per heavy atom. The quantitative estimate of drug-likeness (QED) is 0.763. The summed E-state index contributed by atoms with van der Waals surface area (Å²) < 4.78 is 24.9. The Morgan fingerprint density at radius 1 is 1.50 bits per heavy atom. The van der Waals surface area contributed by atoms with Gasteiger partial charge in [-0.3, -0.25) is 0 Å². The summed E-state index contributed by atoms with van der Waals surface area (Å²) in [6, 6.07) is 2.81. The molecule has 1 aromatic heterocycles. The number of rotatable bonds is 2. The zero-order valence-corrected chi connectivity index (χ0v) is 7.68. The van der Waals surface area contributed by atoms with Crippen LogP contribution >= 0.6 is 15.9 Å². The van der Waals surface area contributed by atoms with Crippen LogP contribution in [0.1, 0.15) is 17.8 Å². The van der Waals surface area contributed by atoms with Crippen LogP contribution in [0.15, 0.2) is 23.2 Å². The van der Waals surface area contributed by atoms with Crippen LogP contribution in [-0.4, -0.2) is 4.98 Å². The molecule has 1 nitrogen and oxygen atoms in total. The lowest BCUT2D eigenvalue weighted by Gasteiger charge is -2.01. The van der Waals surface area contributed by atoms with Gasteiger partial charge in [0.2, 0.25) is 0 Å². The highest BCUT2D eigenvalue weighted by atomic mass is 79.9. The third-order valence-electron chi connectivity index (χ3n) is 1.31. The van der Waals surface area contributed by atoms with E-state index in [0.717, 1.165) is 0 Å². The number of alkyl halides is 2. The van der Waals surface area contributed by atoms with E-state index in [2.05, 4.69) is 27.5 Å². The summed E-state index contributed by atoms with van der Waals surface area (Å²) in [6.45, 7) is 3.45. The minimum absolute atomic E-state index is 0.229. The van der Waals surface area contributed by atoms with E-state index in [1.54, 1.807) is 0 Å². The van der Waals surface area contributed by atoms with Crippen molar-refractivity contribution in [3.8, 4) is 0 Å². The van der Waals surface area contributed by atoms with Crippen LogP contribution in [0, 0.1) is 0 Å². The van der Waals surface area contributed by atoms with Gasteiger partial charge in [-0.1, -0.05) is 6.58 Å². The second-order valence-electron chi connectivity index (χ2n) is 2.11. The van der Waals surface area contributed by atoms with Crippen LogP contribution in [0.5, 0.6) is 0 Å². The highest BCUT2D eigenvalue weighted by Crippen LogP contribution is 2.21. The topological polar surface area (TPSA) is 12.9 Å². The SMILES string of the molecule is C=Cc1nc(C(F)F)ccc1Br. The van der Waals surface area contributed by atoms with Gasteiger partial charge in [0.25, 0.3) is 6.43 Å². The second-order valence-corrected chi connectivity index (χ2v) is 2.96. The maximum absolute atomic E-state index is 12.1. The fourth-order valence-electron chi connectivity index (χ4n) is 0.738. The first kappa shape index (κ1) is 9.32. The van der Waals surface area contributed by atoms with E-state index in [1.165, 1.54) is 18.2 Å². The number of halogens is 3. The highest BCUT2D eigenvalue weighted by Gasteiger charge is 2.09. The lowest BCUT2D eigenvalue weighted by Crippen LogP contribution is -1.92. The van der Waals surface area contributed by atoms with E-state index in [0.29, 0.717) is 10.2 Å². The standard InChI is InChI=1S/C8H6BrF2N/c1-2-6-5(9)3-4-7(12-6)8(10)11/h2-4,8H,1H2. The van der Waals surface area contributed by atoms with Crippen LogP contribution < -0.4 is 0 Å². The molecular weight excluding hydrogens is 228 g/mol. The summed E-state index contributed by atoms with van der Waals surface area (Å²) >= 11 is 3.16. The predicted octanol–water partition coefficient (Wildman–Crippen LogP) is 3.42. The van der Waals surface area contributed by atoms with Gasteiger partial charge in [0.15, 0.2) is 0 Å². The summed E-state index contributed by atoms with van der Waals surface area (Å²) in [7, 11) is 0. The van der Waals surface area contributed by atoms with Gasteiger partial charge >= 0.3 is 0 Å². The monoisotopic (exact) mass is 233 g/mol. The Bertz CT molecular complexity index is 299. The molecule has 0 saturated heterocycles. The van der Waals surface area contributed by atoms with Gasteiger partial charge in [-0.05, 0) is 34.1 Å². The van der Waals surface area contributed by atoms with Crippen molar-refractivity contribution in [2.45, 2.75) is 6.43 Å². The smallest absolute Gasteiger partial charge is 0.246 e. The van der Waals surface area contributed by atoms with Crippen molar-refractivity contribution in [3.63, 3.8) is 0 Å². The number of pyridine rings is 1. The second kappa shape index (κ2) is 3.76. The van der Waals surface area contributed by atoms with Gasteiger partial charge in [0.1, 0.15) is 5.69 Å². The normalized spacial score (nSPS) is 10.3. The van der Waals surface area contributed by atoms with Crippen LogP contribution in [0.2, 0.25) is 0 Å². The van der Waals surface area contributed by atoms with Crippen molar-refractivity contribution in [3.05, 3.63) is 34.6 Å². The Morgan fingerprint density at radius 3 is 2.67 bits per heavy atom. The van der Waals surface area contributed by atoms with E-state index in [1.807, 2.05) is 0 Å². The molecule has 0 N–H and O–H groups in total. The predicted molar refractivity (Wildman–Crippen MR) is 47.0 cm³/mol. The average Bonchev–Trinajstić information content (AvgIpc) is 2.05. The first-order chi connectivity index (χ1) is 5.65. The Balaban J connectivity index is 3.13. The largest absolute Gasteiger partial charge is 0.280 e. The van der Waals surface area contributed by atoms with Gasteiger partial charge < -0.3 is 0 Å². The molecule has 0 radical (unpaired) electrons. The maximum Gasteiger partial charge on any atom is 0.280 e. The molecule has 0 saturated carbocycles. The molecule has 0 spiro atoms. The first-order valence-corrected chi connectivity index (χ1v) is 4.01. The van der Waals surface area contributed by atoms with Crippen molar-refractivity contribution in [2.24, 2.45) is 0 Å². The summed E-state index contributed by atoms with van der Waals surface area (Å²) in [5, 5.41) is 0. The zero-order valence-electron chi connectivity index (χ0n) is 6.10. The van der Waals surface area contributed by atoms with E-state index in [-0.39, 0.29) is 5.69 Å². The first-order valence-electron chi connectivity index (χ1n) is 3.22. The van der Waals surface area contributed by atoms with Crippen LogP contribution in [0.3, 0.4) is 0 Å². The third-order valence-corrected chi connectivity index (χ3v) is 1.98. The Kier molecular flexibility index (Phi) is 2.92. The van der Waals surface area contributed by atoms with Crippen molar-refractivity contribution >= 4 is 22.0 Å². The lowest BCUT2D eigenvalue weighted by molar-refractivity contribution is 0.146. The van der Waals surface area contributed by atoms with E-state index < -0.39 is 6.43 Å². The molecule has 0 atom stereocenters. The van der Waals surface area contributed by atoms with Gasteiger partial charge in [0.05, 0.1) is 5.69 Å². The molecule has 12 heavy (non-hydrogen) atoms. The van der Waals surface area contributed by atoms with Crippen molar-refractivity contribution < 1.29 is 8.78 Å². The Hall–Kier alpha value is -0.770. The molecule has 1 aromatic rings. The average molecular weight is 234 g/mol. The van der Waals surface area contributed by atoms with Crippen molar-refractivity contribution in [1.29, 1.82) is 0 Å². The molecule has 0 aliphatic rings. The van der Waals surface area contributed by atoms with Crippen LogP contribution in [-0.2, 0) is 0 Å². The highest BCUT2D eigenvalue weighted by molar-refractivity contribution is 9.10. The summed E-state index contributed by atoms with van der Waals surface area (Å²) in [5.74, 6) is 0. The zero-order chi connectivity index (χ0) is 9.14. The van der Waals surface area contributed by atoms with Gasteiger partial charge in [-0.15, -0.1) is 0 Å². The maximum atomic E-state index is 12.1. The molecule has 1 heterocycles. The van der Waals surface area contributed by atoms with Gasteiger partial charge in [-0.25, -0.2) is 13.8 Å². The molecular formula is C8H6BrF2N. The lowest BCUT2D eigenvalue weighted by atomic mass is 10.3. The molecule has 0 aliphatic heterocycles. The molecule has 1 rings (SSSR count). The molecule has 64 valence electrons. The van der Waals surface area contributed by atoms with Crippen molar-refractivity contribution in [1.82, 2.24) is 4.98 Å². The molecule has 0 unspecified atom stereocenters. The molecule has 0 aliphatic carbocycles. The number of aromatic nitrogens is 1. The molecule has 0 bridgehead atoms. The van der Waals surface area contributed by atoms with Crippen LogP contribution in [0.25, 0.3) is 6.08 Å². The fourth-order valence-corrected chi connectivity index (χ4v) is 1.12. The summed E-state index contributed by atoms with van der Waals surface area (Å²) in [4.78, 5) is 3.68. The number of nitrogens with zero attached hydrogens (tertiary/aromatic N) is 1. The fraction of sp³-hybridized carbons (Fsp3) is 0.125. The molecule has 0 amide bonds. The summed E-state index contributed by atoms with van der Waals surface area (Å²) in [6.07, 6.45) is -1.10. The van der Waals surface area contributed by atoms with E-state index >= 15 is 0 Å². The minimum Gasteiger partial charge on any atom is -0.246 e. The minimum atomic E-state index is -2.53. The van der Waals surface area contributed by atoms with Crippen LogP contribution in [0.4, 0.5) is 8.78 Å². The van der Waals surface area contributed by atoms with E-state index in [9.17, 15) is 8.78 Å². The van der Waals surface area contributed by atoms with Gasteiger partial charge in [0, 0.05) is 4.47 Å². The number of hydrogen-bond acceptors (Lipinski definition) is 1. The summed E-state index contributed by atoms with van der Waals surface area (Å²) in [5.41, 5.74) is 0.209.